The Morgan fingerprint density at radius 3 is 2.77 bits per heavy atom. The molecule has 0 aliphatic carbocycles. The van der Waals surface area contributed by atoms with E-state index in [1.54, 1.807) is 18.3 Å². The van der Waals surface area contributed by atoms with Crippen LogP contribution in [0.2, 0.25) is 5.02 Å². The van der Waals surface area contributed by atoms with Gasteiger partial charge in [0.05, 0.1) is 15.9 Å². The summed E-state index contributed by atoms with van der Waals surface area (Å²) in [7, 11) is 0. The number of rotatable bonds is 0. The van der Waals surface area contributed by atoms with Crippen molar-refractivity contribution >= 4 is 38.4 Å². The molecule has 2 nitrogen and oxygen atoms in total. The zero-order valence-electron chi connectivity index (χ0n) is 6.47. The minimum absolute atomic E-state index is 0.0694. The van der Waals surface area contributed by atoms with Crippen molar-refractivity contribution in [1.29, 1.82) is 0 Å². The summed E-state index contributed by atoms with van der Waals surface area (Å²) >= 11 is 9.23. The van der Waals surface area contributed by atoms with Crippen molar-refractivity contribution in [3.05, 3.63) is 44.1 Å². The number of fused-ring (bicyclic) bond motifs is 1. The Balaban J connectivity index is 3.09. The highest BCUT2D eigenvalue weighted by atomic mass is 79.9. The molecule has 0 radical (unpaired) electrons. The lowest BCUT2D eigenvalue weighted by Crippen LogP contribution is -2.00. The first-order valence-electron chi connectivity index (χ1n) is 3.65. The van der Waals surface area contributed by atoms with Crippen LogP contribution in [0.1, 0.15) is 0 Å². The van der Waals surface area contributed by atoms with Gasteiger partial charge < -0.3 is 4.98 Å². The SMILES string of the molecule is O=c1cc[nH]c2c(Br)ccc(Cl)c12. The third-order valence-corrected chi connectivity index (χ3v) is 2.79. The van der Waals surface area contributed by atoms with Crippen LogP contribution in [-0.2, 0) is 0 Å². The summed E-state index contributed by atoms with van der Waals surface area (Å²) in [5.74, 6) is 0. The topological polar surface area (TPSA) is 32.9 Å². The molecule has 1 heterocycles. The average molecular weight is 259 g/mol. The minimum atomic E-state index is -0.0694. The summed E-state index contributed by atoms with van der Waals surface area (Å²) in [6, 6.07) is 4.96. The summed E-state index contributed by atoms with van der Waals surface area (Å²) in [6.07, 6.45) is 1.60. The van der Waals surface area contributed by atoms with E-state index in [1.165, 1.54) is 6.07 Å². The highest BCUT2D eigenvalue weighted by Gasteiger charge is 2.05. The molecule has 2 aromatic rings. The van der Waals surface area contributed by atoms with Gasteiger partial charge in [0.2, 0.25) is 0 Å². The molecule has 0 saturated heterocycles. The first-order valence-corrected chi connectivity index (χ1v) is 4.82. The fourth-order valence-electron chi connectivity index (χ4n) is 1.22. The minimum Gasteiger partial charge on any atom is -0.360 e. The molecule has 1 N–H and O–H groups in total. The van der Waals surface area contributed by atoms with Crippen molar-refractivity contribution < 1.29 is 0 Å². The first-order chi connectivity index (χ1) is 6.20. The quantitative estimate of drug-likeness (QED) is 0.774. The molecule has 0 unspecified atom stereocenters. The molecule has 0 atom stereocenters. The summed E-state index contributed by atoms with van der Waals surface area (Å²) in [6.45, 7) is 0. The van der Waals surface area contributed by atoms with Crippen LogP contribution in [0, 0.1) is 0 Å². The maximum atomic E-state index is 11.4. The van der Waals surface area contributed by atoms with Crippen LogP contribution in [-0.4, -0.2) is 4.98 Å². The molecular weight excluding hydrogens is 253 g/mol. The average Bonchev–Trinajstić information content (AvgIpc) is 2.12. The third-order valence-electron chi connectivity index (χ3n) is 1.81. The maximum Gasteiger partial charge on any atom is 0.190 e. The molecule has 0 fully saturated rings. The van der Waals surface area contributed by atoms with Crippen LogP contribution in [0.5, 0.6) is 0 Å². The predicted molar refractivity (Wildman–Crippen MR) is 57.3 cm³/mol. The largest absolute Gasteiger partial charge is 0.360 e. The van der Waals surface area contributed by atoms with Crippen LogP contribution >= 0.6 is 27.5 Å². The van der Waals surface area contributed by atoms with E-state index in [2.05, 4.69) is 20.9 Å². The van der Waals surface area contributed by atoms with Gasteiger partial charge in [0.1, 0.15) is 0 Å². The second kappa shape index (κ2) is 3.16. The van der Waals surface area contributed by atoms with Crippen molar-refractivity contribution in [1.82, 2.24) is 4.98 Å². The van der Waals surface area contributed by atoms with Crippen LogP contribution < -0.4 is 5.43 Å². The molecule has 0 bridgehead atoms. The van der Waals surface area contributed by atoms with Crippen LogP contribution in [0.4, 0.5) is 0 Å². The van der Waals surface area contributed by atoms with Crippen molar-refractivity contribution in [2.45, 2.75) is 0 Å². The van der Waals surface area contributed by atoms with Gasteiger partial charge in [-0.15, -0.1) is 0 Å². The smallest absolute Gasteiger partial charge is 0.190 e. The van der Waals surface area contributed by atoms with E-state index >= 15 is 0 Å². The van der Waals surface area contributed by atoms with Gasteiger partial charge in [0, 0.05) is 16.7 Å². The lowest BCUT2D eigenvalue weighted by Gasteiger charge is -2.00. The van der Waals surface area contributed by atoms with Gasteiger partial charge >= 0.3 is 0 Å². The Labute approximate surface area is 87.7 Å². The standard InChI is InChI=1S/C9H5BrClNO/c10-5-1-2-6(11)8-7(13)3-4-12-9(5)8/h1-4H,(H,12,13). The lowest BCUT2D eigenvalue weighted by molar-refractivity contribution is 1.38. The normalized spacial score (nSPS) is 10.6. The number of pyridine rings is 1. The van der Waals surface area contributed by atoms with E-state index in [0.717, 1.165) is 9.99 Å². The van der Waals surface area contributed by atoms with Crippen molar-refractivity contribution in [2.24, 2.45) is 0 Å². The number of benzene rings is 1. The highest BCUT2D eigenvalue weighted by molar-refractivity contribution is 9.10. The fourth-order valence-corrected chi connectivity index (χ4v) is 1.91. The van der Waals surface area contributed by atoms with Crippen LogP contribution in [0.3, 0.4) is 0 Å². The molecule has 1 aromatic heterocycles. The zero-order valence-corrected chi connectivity index (χ0v) is 8.82. The van der Waals surface area contributed by atoms with Crippen LogP contribution in [0.15, 0.2) is 33.7 Å². The summed E-state index contributed by atoms with van der Waals surface area (Å²) in [4.78, 5) is 14.4. The van der Waals surface area contributed by atoms with Crippen LogP contribution in [0.25, 0.3) is 10.9 Å². The number of halogens is 2. The number of hydrogen-bond donors (Lipinski definition) is 1. The Morgan fingerprint density at radius 1 is 1.31 bits per heavy atom. The number of hydrogen-bond acceptors (Lipinski definition) is 1. The number of aromatic amines is 1. The van der Waals surface area contributed by atoms with E-state index in [0.29, 0.717) is 10.4 Å². The summed E-state index contributed by atoms with van der Waals surface area (Å²) < 4.78 is 0.838. The second-order valence-electron chi connectivity index (χ2n) is 2.62. The molecule has 66 valence electrons. The number of H-pyrrole nitrogens is 1. The number of aromatic nitrogens is 1. The molecular formula is C9H5BrClNO. The molecule has 0 aliphatic heterocycles. The predicted octanol–water partition coefficient (Wildman–Crippen LogP) is 2.94. The van der Waals surface area contributed by atoms with E-state index in [4.69, 9.17) is 11.6 Å². The zero-order chi connectivity index (χ0) is 9.42. The fraction of sp³-hybridized carbons (Fsp3) is 0. The van der Waals surface area contributed by atoms with E-state index in [-0.39, 0.29) is 5.43 Å². The molecule has 1 aromatic carbocycles. The lowest BCUT2D eigenvalue weighted by atomic mass is 10.2. The molecule has 0 aliphatic rings. The van der Waals surface area contributed by atoms with Gasteiger partial charge in [0.15, 0.2) is 5.43 Å². The molecule has 4 heteroatoms. The van der Waals surface area contributed by atoms with Gasteiger partial charge in [-0.05, 0) is 28.1 Å². The summed E-state index contributed by atoms with van der Waals surface area (Å²) in [5, 5.41) is 0.999. The van der Waals surface area contributed by atoms with Crippen molar-refractivity contribution in [3.63, 3.8) is 0 Å². The molecule has 0 saturated carbocycles. The maximum absolute atomic E-state index is 11.4. The highest BCUT2D eigenvalue weighted by Crippen LogP contribution is 2.25. The van der Waals surface area contributed by atoms with Gasteiger partial charge in [-0.25, -0.2) is 0 Å². The molecule has 0 spiro atoms. The van der Waals surface area contributed by atoms with E-state index < -0.39 is 0 Å². The first kappa shape index (κ1) is 8.78. The Bertz CT molecular complexity index is 520. The van der Waals surface area contributed by atoms with Gasteiger partial charge in [-0.1, -0.05) is 11.6 Å². The molecule has 13 heavy (non-hydrogen) atoms. The van der Waals surface area contributed by atoms with Crippen molar-refractivity contribution in [3.8, 4) is 0 Å². The van der Waals surface area contributed by atoms with Gasteiger partial charge in [-0.2, -0.15) is 0 Å². The van der Waals surface area contributed by atoms with Gasteiger partial charge in [-0.3, -0.25) is 4.79 Å². The third kappa shape index (κ3) is 1.38. The van der Waals surface area contributed by atoms with Gasteiger partial charge in [0.25, 0.3) is 0 Å². The number of nitrogens with one attached hydrogen (secondary N) is 1. The monoisotopic (exact) mass is 257 g/mol. The Morgan fingerprint density at radius 2 is 2.08 bits per heavy atom. The van der Waals surface area contributed by atoms with E-state index in [1.807, 2.05) is 0 Å². The molecule has 2 rings (SSSR count). The molecule has 0 amide bonds. The Kier molecular flexibility index (Phi) is 2.14. The van der Waals surface area contributed by atoms with Crippen molar-refractivity contribution in [2.75, 3.05) is 0 Å². The Hall–Kier alpha value is -0.800. The summed E-state index contributed by atoms with van der Waals surface area (Å²) in [5.41, 5.74) is 0.667. The van der Waals surface area contributed by atoms with E-state index in [9.17, 15) is 4.79 Å². The second-order valence-corrected chi connectivity index (χ2v) is 3.88.